The number of rotatable bonds is 6. The zero-order valence-corrected chi connectivity index (χ0v) is 15.3. The molecule has 7 heteroatoms. The highest BCUT2D eigenvalue weighted by molar-refractivity contribution is 6.28. The first-order valence-corrected chi connectivity index (χ1v) is 9.14. The third kappa shape index (κ3) is 3.09. The zero-order valence-electron chi connectivity index (χ0n) is 14.5. The van der Waals surface area contributed by atoms with Crippen LogP contribution in [0.2, 0.25) is 5.28 Å². The van der Waals surface area contributed by atoms with Crippen molar-refractivity contribution in [3.8, 4) is 0 Å². The van der Waals surface area contributed by atoms with E-state index >= 15 is 0 Å². The van der Waals surface area contributed by atoms with Gasteiger partial charge in [0.25, 0.3) is 0 Å². The predicted molar refractivity (Wildman–Crippen MR) is 94.7 cm³/mol. The number of nitrogens with zero attached hydrogens (tertiary/aromatic N) is 4. The number of fused-ring (bicyclic) bond motifs is 1. The Morgan fingerprint density at radius 3 is 2.79 bits per heavy atom. The summed E-state index contributed by atoms with van der Waals surface area (Å²) in [7, 11) is 1.77. The van der Waals surface area contributed by atoms with Crippen LogP contribution in [0.25, 0.3) is 0 Å². The molecule has 1 atom stereocenters. The number of amides is 1. The van der Waals surface area contributed by atoms with Crippen LogP contribution in [-0.2, 0) is 9.53 Å². The predicted octanol–water partition coefficient (Wildman–Crippen LogP) is 3.04. The van der Waals surface area contributed by atoms with Crippen LogP contribution in [0.5, 0.6) is 0 Å². The van der Waals surface area contributed by atoms with Crippen molar-refractivity contribution in [1.82, 2.24) is 9.97 Å². The van der Waals surface area contributed by atoms with Crippen molar-refractivity contribution in [2.75, 3.05) is 23.5 Å². The molecule has 1 aromatic rings. The van der Waals surface area contributed by atoms with Gasteiger partial charge in [0.15, 0.2) is 5.82 Å². The van der Waals surface area contributed by atoms with Gasteiger partial charge >= 0.3 is 0 Å². The minimum Gasteiger partial charge on any atom is -0.378 e. The van der Waals surface area contributed by atoms with Crippen molar-refractivity contribution in [2.24, 2.45) is 0 Å². The summed E-state index contributed by atoms with van der Waals surface area (Å²) in [6, 6.07) is 0.0685. The summed E-state index contributed by atoms with van der Waals surface area (Å²) < 4.78 is 5.89. The Bertz CT molecular complexity index is 606. The molecule has 0 bridgehead atoms. The van der Waals surface area contributed by atoms with Gasteiger partial charge in [-0.1, -0.05) is 20.3 Å². The molecule has 0 radical (unpaired) electrons. The van der Waals surface area contributed by atoms with Crippen molar-refractivity contribution >= 4 is 29.0 Å². The standard InChI is InChI=1S/C17H25ClN4O2/c1-4-6-7-24-12-8-11(9-12)22-13(5-2)16(23)21(3)14-10-19-17(18)20-15(14)22/h10-13H,4-9H2,1-3H3/t11?,12?,13-/m1/s1. The molecular formula is C17H25ClN4O2. The van der Waals surface area contributed by atoms with Gasteiger partial charge in [-0.15, -0.1) is 0 Å². The van der Waals surface area contributed by atoms with Crippen LogP contribution in [0.1, 0.15) is 46.0 Å². The molecule has 132 valence electrons. The molecule has 3 rings (SSSR count). The Labute approximate surface area is 148 Å². The van der Waals surface area contributed by atoms with Gasteiger partial charge in [0.05, 0.1) is 12.3 Å². The second-order valence-corrected chi connectivity index (χ2v) is 6.89. The first kappa shape index (κ1) is 17.4. The second kappa shape index (κ2) is 7.23. The number of aromatic nitrogens is 2. The first-order chi connectivity index (χ1) is 11.6. The fourth-order valence-corrected chi connectivity index (χ4v) is 3.60. The summed E-state index contributed by atoms with van der Waals surface area (Å²) in [6.07, 6.45) is 6.75. The van der Waals surface area contributed by atoms with Gasteiger partial charge in [-0.3, -0.25) is 4.79 Å². The van der Waals surface area contributed by atoms with E-state index < -0.39 is 0 Å². The van der Waals surface area contributed by atoms with Crippen LogP contribution in [0, 0.1) is 0 Å². The van der Waals surface area contributed by atoms with Gasteiger partial charge in [-0.2, -0.15) is 4.98 Å². The first-order valence-electron chi connectivity index (χ1n) is 8.76. The summed E-state index contributed by atoms with van der Waals surface area (Å²) in [5.74, 6) is 0.854. The number of carbonyl (C=O) groups excluding carboxylic acids is 1. The molecule has 24 heavy (non-hydrogen) atoms. The van der Waals surface area contributed by atoms with Gasteiger partial charge in [-0.05, 0) is 37.3 Å². The van der Waals surface area contributed by atoms with E-state index in [0.29, 0.717) is 0 Å². The van der Waals surface area contributed by atoms with Crippen LogP contribution >= 0.6 is 11.6 Å². The molecular weight excluding hydrogens is 328 g/mol. The molecule has 1 aliphatic heterocycles. The summed E-state index contributed by atoms with van der Waals surface area (Å²) in [6.45, 7) is 5.01. The normalized spacial score (nSPS) is 26.3. The largest absolute Gasteiger partial charge is 0.378 e. The summed E-state index contributed by atoms with van der Waals surface area (Å²) >= 11 is 6.02. The molecule has 2 aliphatic rings. The average Bonchev–Trinajstić information content (AvgIpc) is 2.53. The van der Waals surface area contributed by atoms with Crippen LogP contribution < -0.4 is 9.80 Å². The maximum Gasteiger partial charge on any atom is 0.249 e. The van der Waals surface area contributed by atoms with Crippen LogP contribution in [0.4, 0.5) is 11.5 Å². The molecule has 1 aliphatic carbocycles. The molecule has 1 fully saturated rings. The highest BCUT2D eigenvalue weighted by atomic mass is 35.5. The second-order valence-electron chi connectivity index (χ2n) is 6.55. The zero-order chi connectivity index (χ0) is 17.3. The monoisotopic (exact) mass is 352 g/mol. The van der Waals surface area contributed by atoms with E-state index in [0.717, 1.165) is 50.2 Å². The van der Waals surface area contributed by atoms with Gasteiger partial charge in [0.1, 0.15) is 11.7 Å². The SMILES string of the molecule is CCCCOC1CC(N2c3nc(Cl)ncc3N(C)C(=O)[C@H]2CC)C1. The van der Waals surface area contributed by atoms with Gasteiger partial charge in [0.2, 0.25) is 11.2 Å². The van der Waals surface area contributed by atoms with E-state index in [1.54, 1.807) is 18.1 Å². The molecule has 1 amide bonds. The van der Waals surface area contributed by atoms with Gasteiger partial charge < -0.3 is 14.5 Å². The van der Waals surface area contributed by atoms with Crippen molar-refractivity contribution < 1.29 is 9.53 Å². The lowest BCUT2D eigenvalue weighted by molar-refractivity contribution is -0.120. The van der Waals surface area contributed by atoms with E-state index in [2.05, 4.69) is 21.8 Å². The van der Waals surface area contributed by atoms with Crippen molar-refractivity contribution in [3.05, 3.63) is 11.5 Å². The van der Waals surface area contributed by atoms with Gasteiger partial charge in [0, 0.05) is 19.7 Å². The molecule has 0 saturated heterocycles. The van der Waals surface area contributed by atoms with Crippen molar-refractivity contribution in [1.29, 1.82) is 0 Å². The molecule has 0 unspecified atom stereocenters. The molecule has 0 spiro atoms. The highest BCUT2D eigenvalue weighted by Gasteiger charge is 2.45. The molecule has 6 nitrogen and oxygen atoms in total. The Morgan fingerprint density at radius 2 is 2.12 bits per heavy atom. The highest BCUT2D eigenvalue weighted by Crippen LogP contribution is 2.41. The van der Waals surface area contributed by atoms with Crippen molar-refractivity contribution in [3.63, 3.8) is 0 Å². The van der Waals surface area contributed by atoms with Gasteiger partial charge in [-0.25, -0.2) is 4.98 Å². The van der Waals surface area contributed by atoms with E-state index in [1.807, 2.05) is 6.92 Å². The van der Waals surface area contributed by atoms with Crippen LogP contribution in [0.15, 0.2) is 6.20 Å². The minimum absolute atomic E-state index is 0.0891. The molecule has 1 saturated carbocycles. The van der Waals surface area contributed by atoms with Crippen LogP contribution in [0.3, 0.4) is 0 Å². The smallest absolute Gasteiger partial charge is 0.249 e. The Balaban J connectivity index is 1.80. The molecule has 2 heterocycles. The maximum absolute atomic E-state index is 12.7. The lowest BCUT2D eigenvalue weighted by atomic mass is 9.85. The number of unbranched alkanes of at least 4 members (excludes halogenated alkanes) is 1. The fourth-order valence-electron chi connectivity index (χ4n) is 3.48. The van der Waals surface area contributed by atoms with Crippen LogP contribution in [-0.4, -0.2) is 47.7 Å². The number of carbonyl (C=O) groups is 1. The third-order valence-corrected chi connectivity index (χ3v) is 5.16. The third-order valence-electron chi connectivity index (χ3n) is 4.98. The quantitative estimate of drug-likeness (QED) is 0.581. The summed E-state index contributed by atoms with van der Waals surface area (Å²) in [5.41, 5.74) is 0.726. The van der Waals surface area contributed by atoms with Crippen molar-refractivity contribution in [2.45, 2.75) is 64.1 Å². The van der Waals surface area contributed by atoms with E-state index in [1.165, 1.54) is 0 Å². The van der Waals surface area contributed by atoms with E-state index in [-0.39, 0.29) is 29.4 Å². The lowest BCUT2D eigenvalue weighted by Crippen LogP contribution is -2.60. The van der Waals surface area contributed by atoms with E-state index in [9.17, 15) is 4.79 Å². The summed E-state index contributed by atoms with van der Waals surface area (Å²) in [4.78, 5) is 25.0. The Kier molecular flexibility index (Phi) is 5.25. The Hall–Kier alpha value is -1.40. The number of likely N-dealkylation sites (N-methyl/N-ethyl adjacent to an activating group) is 1. The number of ether oxygens (including phenoxy) is 1. The number of hydrogen-bond donors (Lipinski definition) is 0. The number of anilines is 2. The minimum atomic E-state index is -0.199. The summed E-state index contributed by atoms with van der Waals surface area (Å²) in [5, 5.41) is 0.214. The molecule has 0 aromatic carbocycles. The molecule has 0 N–H and O–H groups in total. The number of halogens is 1. The Morgan fingerprint density at radius 1 is 1.38 bits per heavy atom. The number of hydrogen-bond acceptors (Lipinski definition) is 5. The lowest BCUT2D eigenvalue weighted by Gasteiger charge is -2.49. The fraction of sp³-hybridized carbons (Fsp3) is 0.706. The topological polar surface area (TPSA) is 58.6 Å². The molecule has 1 aromatic heterocycles. The van der Waals surface area contributed by atoms with E-state index in [4.69, 9.17) is 16.3 Å². The average molecular weight is 353 g/mol. The maximum atomic E-state index is 12.7.